The first kappa shape index (κ1) is 13.8. The van der Waals surface area contributed by atoms with Crippen LogP contribution in [0.1, 0.15) is 16.7 Å². The van der Waals surface area contributed by atoms with Crippen LogP contribution in [0, 0.1) is 6.92 Å². The number of tetrazole rings is 1. The van der Waals surface area contributed by atoms with Crippen molar-refractivity contribution in [3.05, 3.63) is 71.3 Å². The Bertz CT molecular complexity index is 959. The molecule has 2 aromatic carbocycles. The minimum absolute atomic E-state index is 0.725. The molecule has 0 amide bonds. The fourth-order valence-electron chi connectivity index (χ4n) is 2.83. The second kappa shape index (κ2) is 5.78. The van der Waals surface area contributed by atoms with Crippen LogP contribution in [-0.4, -0.2) is 20.0 Å². The van der Waals surface area contributed by atoms with E-state index in [0.29, 0.717) is 0 Å². The number of nitrogens with one attached hydrogen (secondary N) is 1. The van der Waals surface area contributed by atoms with Crippen LogP contribution < -0.4 is 5.32 Å². The van der Waals surface area contributed by atoms with Crippen molar-refractivity contribution in [1.82, 2.24) is 25.4 Å². The van der Waals surface area contributed by atoms with Gasteiger partial charge in [-0.1, -0.05) is 42.5 Å². The second-order valence-electron chi connectivity index (χ2n) is 5.74. The molecule has 1 N–H and O–H groups in total. The van der Waals surface area contributed by atoms with E-state index in [1.807, 2.05) is 10.6 Å². The number of pyridine rings is 1. The topological polar surface area (TPSA) is 55.1 Å². The molecule has 2 heterocycles. The van der Waals surface area contributed by atoms with Gasteiger partial charge in [0, 0.05) is 24.0 Å². The Morgan fingerprint density at radius 1 is 1.00 bits per heavy atom. The summed E-state index contributed by atoms with van der Waals surface area (Å²) in [7, 11) is 0. The lowest BCUT2D eigenvalue weighted by Crippen LogP contribution is -2.13. The smallest absolute Gasteiger partial charge is 0.184 e. The van der Waals surface area contributed by atoms with Gasteiger partial charge in [-0.3, -0.25) is 0 Å². The van der Waals surface area contributed by atoms with E-state index < -0.39 is 0 Å². The number of nitrogens with zero attached hydrogens (tertiary/aromatic N) is 4. The first-order valence-corrected chi connectivity index (χ1v) is 7.66. The Labute approximate surface area is 133 Å². The predicted molar refractivity (Wildman–Crippen MR) is 90.0 cm³/mol. The van der Waals surface area contributed by atoms with Gasteiger partial charge in [-0.25, -0.2) is 0 Å². The highest BCUT2D eigenvalue weighted by molar-refractivity contribution is 5.83. The summed E-state index contributed by atoms with van der Waals surface area (Å²) in [6, 6.07) is 18.9. The number of aromatic nitrogens is 4. The number of benzene rings is 2. The molecule has 0 unspecified atom stereocenters. The van der Waals surface area contributed by atoms with E-state index in [9.17, 15) is 0 Å². The fourth-order valence-corrected chi connectivity index (χ4v) is 2.83. The summed E-state index contributed by atoms with van der Waals surface area (Å²) in [6.07, 6.45) is 0. The summed E-state index contributed by atoms with van der Waals surface area (Å²) in [5, 5.41) is 16.8. The highest BCUT2D eigenvalue weighted by Crippen LogP contribution is 2.20. The molecule has 0 radical (unpaired) electrons. The predicted octanol–water partition coefficient (Wildman–Crippen LogP) is 2.88. The minimum atomic E-state index is 0.725. The normalized spacial score (nSPS) is 11.3. The van der Waals surface area contributed by atoms with Crippen molar-refractivity contribution in [2.75, 3.05) is 0 Å². The van der Waals surface area contributed by atoms with Crippen LogP contribution in [0.3, 0.4) is 0 Å². The van der Waals surface area contributed by atoms with Crippen LogP contribution in [-0.2, 0) is 13.1 Å². The van der Waals surface area contributed by atoms with Gasteiger partial charge < -0.3 is 5.32 Å². The van der Waals surface area contributed by atoms with E-state index >= 15 is 0 Å². The van der Waals surface area contributed by atoms with Gasteiger partial charge in [0.05, 0.1) is 5.52 Å². The Hall–Kier alpha value is -2.79. The van der Waals surface area contributed by atoms with Crippen molar-refractivity contribution >= 4 is 16.6 Å². The molecule has 0 atom stereocenters. The molecule has 5 heteroatoms. The van der Waals surface area contributed by atoms with Crippen molar-refractivity contribution in [3.8, 4) is 0 Å². The summed E-state index contributed by atoms with van der Waals surface area (Å²) in [5.41, 5.74) is 5.41. The van der Waals surface area contributed by atoms with Crippen molar-refractivity contribution in [2.45, 2.75) is 20.0 Å². The maximum Gasteiger partial charge on any atom is 0.184 e. The van der Waals surface area contributed by atoms with Gasteiger partial charge in [-0.05, 0) is 40.6 Å². The lowest BCUT2D eigenvalue weighted by molar-refractivity contribution is 0.694. The second-order valence-corrected chi connectivity index (χ2v) is 5.74. The maximum atomic E-state index is 4.19. The van der Waals surface area contributed by atoms with E-state index in [0.717, 1.165) is 35.2 Å². The number of aryl methyl sites for hydroxylation is 1. The fraction of sp³-hybridized carbons (Fsp3) is 0.167. The Morgan fingerprint density at radius 2 is 1.87 bits per heavy atom. The molecule has 5 nitrogen and oxygen atoms in total. The van der Waals surface area contributed by atoms with Crippen LogP contribution in [0.25, 0.3) is 16.6 Å². The third-order valence-corrected chi connectivity index (χ3v) is 3.99. The molecule has 0 spiro atoms. The van der Waals surface area contributed by atoms with Crippen LogP contribution in [0.2, 0.25) is 0 Å². The molecular formula is C18H17N5. The van der Waals surface area contributed by atoms with Gasteiger partial charge in [0.25, 0.3) is 0 Å². The first-order valence-electron chi connectivity index (χ1n) is 7.66. The Kier molecular flexibility index (Phi) is 3.48. The third kappa shape index (κ3) is 2.66. The Morgan fingerprint density at radius 3 is 2.74 bits per heavy atom. The molecule has 0 fully saturated rings. The summed E-state index contributed by atoms with van der Waals surface area (Å²) >= 11 is 0. The van der Waals surface area contributed by atoms with Crippen molar-refractivity contribution in [1.29, 1.82) is 0 Å². The molecular weight excluding hydrogens is 286 g/mol. The van der Waals surface area contributed by atoms with Crippen molar-refractivity contribution in [3.63, 3.8) is 0 Å². The van der Waals surface area contributed by atoms with Gasteiger partial charge >= 0.3 is 0 Å². The van der Waals surface area contributed by atoms with Gasteiger partial charge in [0.2, 0.25) is 0 Å². The number of hydrogen-bond donors (Lipinski definition) is 1. The zero-order valence-corrected chi connectivity index (χ0v) is 12.9. The largest absolute Gasteiger partial charge is 0.308 e. The zero-order valence-electron chi connectivity index (χ0n) is 12.9. The van der Waals surface area contributed by atoms with Gasteiger partial charge in [0.15, 0.2) is 5.65 Å². The van der Waals surface area contributed by atoms with E-state index in [1.165, 1.54) is 11.1 Å². The molecule has 0 bridgehead atoms. The number of fused-ring (bicyclic) bond motifs is 3. The van der Waals surface area contributed by atoms with Crippen molar-refractivity contribution in [2.24, 2.45) is 0 Å². The van der Waals surface area contributed by atoms with Crippen LogP contribution in [0.4, 0.5) is 0 Å². The molecule has 0 aliphatic heterocycles. The first-order chi connectivity index (χ1) is 11.3. The molecule has 0 aliphatic carbocycles. The SMILES string of the molecule is Cc1ccc2cc(CNCc3ccccc3)c3nnnn3c2c1. The van der Waals surface area contributed by atoms with Gasteiger partial charge in [-0.15, -0.1) is 5.10 Å². The molecule has 0 aliphatic rings. The molecule has 23 heavy (non-hydrogen) atoms. The maximum absolute atomic E-state index is 4.19. The van der Waals surface area contributed by atoms with Crippen LogP contribution in [0.5, 0.6) is 0 Å². The van der Waals surface area contributed by atoms with E-state index in [2.05, 4.69) is 76.3 Å². The molecule has 4 rings (SSSR count). The van der Waals surface area contributed by atoms with Crippen LogP contribution >= 0.6 is 0 Å². The van der Waals surface area contributed by atoms with Gasteiger partial charge in [-0.2, -0.15) is 4.52 Å². The van der Waals surface area contributed by atoms with E-state index in [4.69, 9.17) is 0 Å². The lowest BCUT2D eigenvalue weighted by atomic mass is 10.1. The van der Waals surface area contributed by atoms with E-state index in [-0.39, 0.29) is 0 Å². The number of hydrogen-bond acceptors (Lipinski definition) is 4. The molecule has 114 valence electrons. The lowest BCUT2D eigenvalue weighted by Gasteiger charge is -2.08. The average Bonchev–Trinajstić information content (AvgIpc) is 3.06. The molecule has 4 aromatic rings. The third-order valence-electron chi connectivity index (χ3n) is 3.99. The highest BCUT2D eigenvalue weighted by Gasteiger charge is 2.09. The Balaban J connectivity index is 1.66. The standard InChI is InChI=1S/C18H17N5/c1-13-7-8-15-10-16(12-19-11-14-5-3-2-4-6-14)18-20-21-22-23(18)17(15)9-13/h2-10,19H,11-12H2,1H3. The van der Waals surface area contributed by atoms with E-state index in [1.54, 1.807) is 0 Å². The molecule has 0 saturated carbocycles. The molecule has 2 aromatic heterocycles. The summed E-state index contributed by atoms with van der Waals surface area (Å²) in [4.78, 5) is 0. The van der Waals surface area contributed by atoms with Gasteiger partial charge in [0.1, 0.15) is 0 Å². The summed E-state index contributed by atoms with van der Waals surface area (Å²) in [5.74, 6) is 0. The minimum Gasteiger partial charge on any atom is -0.308 e. The molecule has 0 saturated heterocycles. The van der Waals surface area contributed by atoms with Crippen molar-refractivity contribution < 1.29 is 0 Å². The summed E-state index contributed by atoms with van der Waals surface area (Å²) < 4.78 is 1.82. The quantitative estimate of drug-likeness (QED) is 0.630. The summed E-state index contributed by atoms with van der Waals surface area (Å²) in [6.45, 7) is 3.62. The van der Waals surface area contributed by atoms with Crippen LogP contribution in [0.15, 0.2) is 54.6 Å². The average molecular weight is 303 g/mol. The zero-order chi connectivity index (χ0) is 15.6. The highest BCUT2D eigenvalue weighted by atomic mass is 15.5. The number of rotatable bonds is 4. The monoisotopic (exact) mass is 303 g/mol.